The zero-order chi connectivity index (χ0) is 24.4. The van der Waals surface area contributed by atoms with Gasteiger partial charge >= 0.3 is 0 Å². The Morgan fingerprint density at radius 3 is 2.31 bits per heavy atom. The number of amides is 2. The molecule has 8 heteroatoms. The van der Waals surface area contributed by atoms with E-state index in [1.54, 1.807) is 22.8 Å². The molecule has 0 unspecified atom stereocenters. The second-order valence-electron chi connectivity index (χ2n) is 8.67. The van der Waals surface area contributed by atoms with E-state index in [1.807, 2.05) is 53.4 Å². The summed E-state index contributed by atoms with van der Waals surface area (Å²) in [5, 5.41) is 16.8. The summed E-state index contributed by atoms with van der Waals surface area (Å²) in [6, 6.07) is 20.9. The van der Waals surface area contributed by atoms with Crippen LogP contribution in [0.3, 0.4) is 0 Å². The van der Waals surface area contributed by atoms with Crippen molar-refractivity contribution in [2.75, 3.05) is 13.1 Å². The summed E-state index contributed by atoms with van der Waals surface area (Å²) in [5.74, 6) is -0.0316. The molecule has 2 aromatic carbocycles. The average molecular weight is 465 g/mol. The molecule has 4 aromatic rings. The van der Waals surface area contributed by atoms with E-state index in [0.29, 0.717) is 24.2 Å². The summed E-state index contributed by atoms with van der Waals surface area (Å²) < 4.78 is 1.79. The van der Waals surface area contributed by atoms with Gasteiger partial charge in [-0.05, 0) is 49.2 Å². The van der Waals surface area contributed by atoms with E-state index < -0.39 is 0 Å². The molecule has 1 aliphatic heterocycles. The van der Waals surface area contributed by atoms with Crippen LogP contribution in [0.2, 0.25) is 0 Å². The Balaban J connectivity index is 1.34. The van der Waals surface area contributed by atoms with E-state index in [-0.39, 0.29) is 17.9 Å². The number of carbonyl (C=O) groups excluding carboxylic acids is 2. The fourth-order valence-electron chi connectivity index (χ4n) is 4.42. The number of imidazole rings is 1. The monoisotopic (exact) mass is 464 g/mol. The summed E-state index contributed by atoms with van der Waals surface area (Å²) in [6.45, 7) is 2.78. The van der Waals surface area contributed by atoms with Crippen LogP contribution in [0, 0.1) is 11.3 Å². The number of nitrogens with zero attached hydrogens (tertiary/aromatic N) is 5. The molecule has 174 valence electrons. The standard InChI is InChI=1S/C27H24N6O2/c1-18(34)30-23-12-14-32(15-13-23)27(35)22-8-6-20(7-9-22)24-10-11-26-29-17-25(33(26)31-24)21-4-2-19(16-28)3-5-21/h2-11,17,23H,12-15H2,1H3,(H,30,34). The minimum atomic E-state index is -0.0307. The second-order valence-corrected chi connectivity index (χ2v) is 8.67. The van der Waals surface area contributed by atoms with Crippen molar-refractivity contribution in [3.05, 3.63) is 78.0 Å². The van der Waals surface area contributed by atoms with Crippen LogP contribution in [-0.2, 0) is 4.79 Å². The van der Waals surface area contributed by atoms with Gasteiger partial charge in [0.1, 0.15) is 0 Å². The second kappa shape index (κ2) is 9.39. The Kier molecular flexibility index (Phi) is 5.98. The Morgan fingerprint density at radius 1 is 0.971 bits per heavy atom. The Hall–Kier alpha value is -4.51. The number of aromatic nitrogens is 3. The van der Waals surface area contributed by atoms with Crippen LogP contribution in [0.1, 0.15) is 35.7 Å². The molecular weight excluding hydrogens is 440 g/mol. The molecule has 1 N–H and O–H groups in total. The third kappa shape index (κ3) is 4.62. The number of rotatable bonds is 4. The van der Waals surface area contributed by atoms with Gasteiger partial charge in [0, 0.05) is 42.7 Å². The van der Waals surface area contributed by atoms with E-state index in [0.717, 1.165) is 41.0 Å². The first-order valence-corrected chi connectivity index (χ1v) is 11.5. The molecule has 2 amide bonds. The van der Waals surface area contributed by atoms with Crippen LogP contribution in [0.15, 0.2) is 66.9 Å². The maximum absolute atomic E-state index is 13.0. The summed E-state index contributed by atoms with van der Waals surface area (Å²) >= 11 is 0. The van der Waals surface area contributed by atoms with Crippen LogP contribution in [-0.4, -0.2) is 50.4 Å². The van der Waals surface area contributed by atoms with Gasteiger partial charge in [0.2, 0.25) is 5.91 Å². The molecular formula is C27H24N6O2. The minimum Gasteiger partial charge on any atom is -0.353 e. The van der Waals surface area contributed by atoms with Gasteiger partial charge in [0.15, 0.2) is 5.65 Å². The van der Waals surface area contributed by atoms with Gasteiger partial charge < -0.3 is 10.2 Å². The fourth-order valence-corrected chi connectivity index (χ4v) is 4.42. The van der Waals surface area contributed by atoms with E-state index >= 15 is 0 Å². The van der Waals surface area contributed by atoms with Crippen molar-refractivity contribution in [2.24, 2.45) is 0 Å². The first-order valence-electron chi connectivity index (χ1n) is 11.5. The van der Waals surface area contributed by atoms with Crippen LogP contribution < -0.4 is 5.32 Å². The van der Waals surface area contributed by atoms with Crippen LogP contribution >= 0.6 is 0 Å². The smallest absolute Gasteiger partial charge is 0.253 e. The summed E-state index contributed by atoms with van der Waals surface area (Å²) in [6.07, 6.45) is 3.30. The number of fused-ring (bicyclic) bond motifs is 1. The van der Waals surface area contributed by atoms with Crippen molar-refractivity contribution >= 4 is 17.5 Å². The maximum atomic E-state index is 13.0. The summed E-state index contributed by atoms with van der Waals surface area (Å²) in [5.41, 5.74) is 5.37. The number of carbonyl (C=O) groups is 2. The SMILES string of the molecule is CC(=O)NC1CCN(C(=O)c2ccc(-c3ccc4ncc(-c5ccc(C#N)cc5)n4n3)cc2)CC1. The quantitative estimate of drug-likeness (QED) is 0.496. The van der Waals surface area contributed by atoms with E-state index in [4.69, 9.17) is 10.4 Å². The molecule has 2 aromatic heterocycles. The van der Waals surface area contributed by atoms with E-state index in [9.17, 15) is 9.59 Å². The largest absolute Gasteiger partial charge is 0.353 e. The van der Waals surface area contributed by atoms with Crippen LogP contribution in [0.25, 0.3) is 28.2 Å². The van der Waals surface area contributed by atoms with E-state index in [2.05, 4.69) is 16.4 Å². The van der Waals surface area contributed by atoms with Crippen molar-refractivity contribution in [1.29, 1.82) is 5.26 Å². The lowest BCUT2D eigenvalue weighted by Crippen LogP contribution is -2.46. The molecule has 5 rings (SSSR count). The van der Waals surface area contributed by atoms with E-state index in [1.165, 1.54) is 6.92 Å². The van der Waals surface area contributed by atoms with Crippen molar-refractivity contribution in [1.82, 2.24) is 24.8 Å². The molecule has 0 aliphatic carbocycles. The Bertz CT molecular complexity index is 1430. The molecule has 3 heterocycles. The van der Waals surface area contributed by atoms with Gasteiger partial charge in [-0.3, -0.25) is 9.59 Å². The first kappa shape index (κ1) is 22.3. The van der Waals surface area contributed by atoms with Gasteiger partial charge in [0.25, 0.3) is 5.91 Å². The number of hydrogen-bond donors (Lipinski definition) is 1. The molecule has 35 heavy (non-hydrogen) atoms. The number of piperidine rings is 1. The highest BCUT2D eigenvalue weighted by Gasteiger charge is 2.24. The number of hydrogen-bond acceptors (Lipinski definition) is 5. The predicted molar refractivity (Wildman–Crippen MR) is 131 cm³/mol. The lowest BCUT2D eigenvalue weighted by Gasteiger charge is -2.32. The molecule has 0 spiro atoms. The van der Waals surface area contributed by atoms with Crippen molar-refractivity contribution in [2.45, 2.75) is 25.8 Å². The lowest BCUT2D eigenvalue weighted by molar-refractivity contribution is -0.119. The summed E-state index contributed by atoms with van der Waals surface area (Å²) in [7, 11) is 0. The predicted octanol–water partition coefficient (Wildman–Crippen LogP) is 3.68. The van der Waals surface area contributed by atoms with Gasteiger partial charge in [-0.2, -0.15) is 10.4 Å². The van der Waals surface area contributed by atoms with Gasteiger partial charge in [-0.1, -0.05) is 24.3 Å². The van der Waals surface area contributed by atoms with Gasteiger partial charge in [-0.15, -0.1) is 0 Å². The number of nitrogens with one attached hydrogen (secondary N) is 1. The molecule has 0 saturated carbocycles. The number of benzene rings is 2. The highest BCUT2D eigenvalue weighted by Crippen LogP contribution is 2.24. The molecule has 0 bridgehead atoms. The van der Waals surface area contributed by atoms with Gasteiger partial charge in [0.05, 0.1) is 29.2 Å². The minimum absolute atomic E-state index is 0.000974. The Labute approximate surface area is 202 Å². The molecule has 1 aliphatic rings. The van der Waals surface area contributed by atoms with Crippen molar-refractivity contribution < 1.29 is 9.59 Å². The molecule has 1 saturated heterocycles. The molecule has 1 fully saturated rings. The topological polar surface area (TPSA) is 103 Å². The zero-order valence-corrected chi connectivity index (χ0v) is 19.3. The fraction of sp³-hybridized carbons (Fsp3) is 0.222. The van der Waals surface area contributed by atoms with Gasteiger partial charge in [-0.25, -0.2) is 9.50 Å². The third-order valence-corrected chi connectivity index (χ3v) is 6.29. The van der Waals surface area contributed by atoms with Crippen LogP contribution in [0.5, 0.6) is 0 Å². The number of nitriles is 1. The highest BCUT2D eigenvalue weighted by atomic mass is 16.2. The van der Waals surface area contributed by atoms with Crippen molar-refractivity contribution in [3.8, 4) is 28.6 Å². The first-order chi connectivity index (χ1) is 17.0. The average Bonchev–Trinajstić information content (AvgIpc) is 3.32. The molecule has 0 atom stereocenters. The number of likely N-dealkylation sites (tertiary alicyclic amines) is 1. The normalized spacial score (nSPS) is 14.0. The lowest BCUT2D eigenvalue weighted by atomic mass is 10.0. The maximum Gasteiger partial charge on any atom is 0.253 e. The highest BCUT2D eigenvalue weighted by molar-refractivity contribution is 5.94. The van der Waals surface area contributed by atoms with Crippen molar-refractivity contribution in [3.63, 3.8) is 0 Å². The Morgan fingerprint density at radius 2 is 1.66 bits per heavy atom. The molecule has 8 nitrogen and oxygen atoms in total. The zero-order valence-electron chi connectivity index (χ0n) is 19.3. The third-order valence-electron chi connectivity index (χ3n) is 6.29. The summed E-state index contributed by atoms with van der Waals surface area (Å²) in [4.78, 5) is 30.5. The molecule has 0 radical (unpaired) electrons. The van der Waals surface area contributed by atoms with Crippen LogP contribution in [0.4, 0.5) is 0 Å².